The number of allylic oxidation sites excluding steroid dienone is 1. The Kier molecular flexibility index (Phi) is 5.48. The lowest BCUT2D eigenvalue weighted by Crippen LogP contribution is -1.83. The molecule has 0 radical (unpaired) electrons. The van der Waals surface area contributed by atoms with E-state index in [2.05, 4.69) is 13.0 Å². The molecule has 1 rings (SSSR count). The van der Waals surface area contributed by atoms with E-state index in [0.29, 0.717) is 5.75 Å². The van der Waals surface area contributed by atoms with Crippen LogP contribution >= 0.6 is 0 Å². The highest BCUT2D eigenvalue weighted by Gasteiger charge is 1.96. The SMILES string of the molecule is CCCCC/C=C/c1cc(O)cc(OC)c1. The van der Waals surface area contributed by atoms with Crippen LogP contribution in [0.25, 0.3) is 6.08 Å². The molecule has 0 aromatic heterocycles. The Morgan fingerprint density at radius 2 is 2.06 bits per heavy atom. The molecule has 1 aromatic carbocycles. The second-order valence-electron chi connectivity index (χ2n) is 3.86. The van der Waals surface area contributed by atoms with Crippen LogP contribution in [0, 0.1) is 0 Å². The van der Waals surface area contributed by atoms with Gasteiger partial charge >= 0.3 is 0 Å². The maximum atomic E-state index is 9.45. The third-order valence-corrected chi connectivity index (χ3v) is 2.43. The van der Waals surface area contributed by atoms with Gasteiger partial charge in [0.25, 0.3) is 0 Å². The highest BCUT2D eigenvalue weighted by atomic mass is 16.5. The smallest absolute Gasteiger partial charge is 0.123 e. The van der Waals surface area contributed by atoms with Crippen molar-refractivity contribution in [3.05, 3.63) is 29.8 Å². The first-order chi connectivity index (χ1) is 7.76. The highest BCUT2D eigenvalue weighted by Crippen LogP contribution is 2.22. The van der Waals surface area contributed by atoms with Gasteiger partial charge in [0.15, 0.2) is 0 Å². The highest BCUT2D eigenvalue weighted by molar-refractivity contribution is 5.54. The van der Waals surface area contributed by atoms with E-state index in [4.69, 9.17) is 4.74 Å². The van der Waals surface area contributed by atoms with Gasteiger partial charge in [-0.25, -0.2) is 0 Å². The molecule has 0 spiro atoms. The number of methoxy groups -OCH3 is 1. The van der Waals surface area contributed by atoms with E-state index < -0.39 is 0 Å². The largest absolute Gasteiger partial charge is 0.508 e. The summed E-state index contributed by atoms with van der Waals surface area (Å²) in [5, 5.41) is 9.45. The quantitative estimate of drug-likeness (QED) is 0.734. The molecule has 0 aliphatic rings. The summed E-state index contributed by atoms with van der Waals surface area (Å²) in [5.41, 5.74) is 0.980. The van der Waals surface area contributed by atoms with Gasteiger partial charge in [-0.15, -0.1) is 0 Å². The number of unbranched alkanes of at least 4 members (excludes halogenated alkanes) is 3. The molecule has 0 saturated carbocycles. The van der Waals surface area contributed by atoms with Crippen molar-refractivity contribution in [2.75, 3.05) is 7.11 Å². The fourth-order valence-corrected chi connectivity index (χ4v) is 1.55. The molecule has 2 heteroatoms. The zero-order valence-electron chi connectivity index (χ0n) is 10.1. The Bertz CT molecular complexity index is 343. The zero-order valence-corrected chi connectivity index (χ0v) is 10.1. The van der Waals surface area contributed by atoms with Gasteiger partial charge in [0, 0.05) is 6.07 Å². The number of rotatable bonds is 6. The second-order valence-corrected chi connectivity index (χ2v) is 3.86. The number of ether oxygens (including phenoxy) is 1. The first-order valence-electron chi connectivity index (χ1n) is 5.81. The van der Waals surface area contributed by atoms with Crippen LogP contribution in [-0.2, 0) is 0 Å². The maximum absolute atomic E-state index is 9.45. The summed E-state index contributed by atoms with van der Waals surface area (Å²) in [6, 6.07) is 5.25. The molecule has 0 bridgehead atoms. The molecule has 0 amide bonds. The molecule has 1 N–H and O–H groups in total. The summed E-state index contributed by atoms with van der Waals surface area (Å²) in [4.78, 5) is 0. The van der Waals surface area contributed by atoms with Crippen LogP contribution in [0.3, 0.4) is 0 Å². The normalized spacial score (nSPS) is 10.9. The van der Waals surface area contributed by atoms with E-state index >= 15 is 0 Å². The van der Waals surface area contributed by atoms with E-state index in [1.54, 1.807) is 19.2 Å². The molecule has 2 nitrogen and oxygen atoms in total. The van der Waals surface area contributed by atoms with Crippen molar-refractivity contribution in [3.8, 4) is 11.5 Å². The minimum absolute atomic E-state index is 0.243. The zero-order chi connectivity index (χ0) is 11.8. The Balaban J connectivity index is 2.55. The average molecular weight is 220 g/mol. The monoisotopic (exact) mass is 220 g/mol. The summed E-state index contributed by atoms with van der Waals surface area (Å²) >= 11 is 0. The van der Waals surface area contributed by atoms with Gasteiger partial charge in [-0.2, -0.15) is 0 Å². The number of phenols is 1. The van der Waals surface area contributed by atoms with Crippen LogP contribution < -0.4 is 4.74 Å². The fraction of sp³-hybridized carbons (Fsp3) is 0.429. The van der Waals surface area contributed by atoms with Crippen molar-refractivity contribution in [2.24, 2.45) is 0 Å². The van der Waals surface area contributed by atoms with Crippen LogP contribution in [0.5, 0.6) is 11.5 Å². The predicted molar refractivity (Wildman–Crippen MR) is 67.8 cm³/mol. The van der Waals surface area contributed by atoms with Gasteiger partial charge in [-0.1, -0.05) is 31.9 Å². The number of aromatic hydroxyl groups is 1. The molecule has 0 atom stereocenters. The molecule has 16 heavy (non-hydrogen) atoms. The predicted octanol–water partition coefficient (Wildman–Crippen LogP) is 3.99. The van der Waals surface area contributed by atoms with Crippen molar-refractivity contribution in [2.45, 2.75) is 32.6 Å². The lowest BCUT2D eigenvalue weighted by atomic mass is 10.1. The standard InChI is InChI=1S/C14H20O2/c1-3-4-5-6-7-8-12-9-13(15)11-14(10-12)16-2/h7-11,15H,3-6H2,1-2H3/b8-7+. The molecule has 0 unspecified atom stereocenters. The molecular formula is C14H20O2. The van der Waals surface area contributed by atoms with Crippen molar-refractivity contribution in [3.63, 3.8) is 0 Å². The first-order valence-corrected chi connectivity index (χ1v) is 5.81. The Morgan fingerprint density at radius 3 is 2.75 bits per heavy atom. The fourth-order valence-electron chi connectivity index (χ4n) is 1.55. The molecule has 0 heterocycles. The third kappa shape index (κ3) is 4.39. The molecule has 0 aliphatic heterocycles. The maximum Gasteiger partial charge on any atom is 0.123 e. The van der Waals surface area contributed by atoms with E-state index in [1.807, 2.05) is 12.1 Å². The van der Waals surface area contributed by atoms with Gasteiger partial charge < -0.3 is 9.84 Å². The van der Waals surface area contributed by atoms with E-state index in [1.165, 1.54) is 19.3 Å². The van der Waals surface area contributed by atoms with Crippen LogP contribution in [0.2, 0.25) is 0 Å². The minimum atomic E-state index is 0.243. The molecule has 0 fully saturated rings. The Labute approximate surface area is 97.6 Å². The van der Waals surface area contributed by atoms with Crippen molar-refractivity contribution < 1.29 is 9.84 Å². The number of phenolic OH excluding ortho intramolecular Hbond substituents is 1. The second kappa shape index (κ2) is 6.94. The van der Waals surface area contributed by atoms with E-state index in [-0.39, 0.29) is 5.75 Å². The number of hydrogen-bond acceptors (Lipinski definition) is 2. The van der Waals surface area contributed by atoms with Gasteiger partial charge in [0.2, 0.25) is 0 Å². The summed E-state index contributed by atoms with van der Waals surface area (Å²) < 4.78 is 5.09. The summed E-state index contributed by atoms with van der Waals surface area (Å²) in [7, 11) is 1.60. The van der Waals surface area contributed by atoms with Crippen molar-refractivity contribution >= 4 is 6.08 Å². The first kappa shape index (κ1) is 12.6. The van der Waals surface area contributed by atoms with E-state index in [9.17, 15) is 5.11 Å². The van der Waals surface area contributed by atoms with Crippen molar-refractivity contribution in [1.29, 1.82) is 0 Å². The lowest BCUT2D eigenvalue weighted by Gasteiger charge is -2.02. The van der Waals surface area contributed by atoms with Crippen LogP contribution in [-0.4, -0.2) is 12.2 Å². The molecule has 0 aliphatic carbocycles. The topological polar surface area (TPSA) is 29.5 Å². The lowest BCUT2D eigenvalue weighted by molar-refractivity contribution is 0.407. The summed E-state index contributed by atoms with van der Waals surface area (Å²) in [6.45, 7) is 2.20. The van der Waals surface area contributed by atoms with Crippen LogP contribution in [0.1, 0.15) is 38.2 Å². The van der Waals surface area contributed by atoms with Gasteiger partial charge in [-0.05, 0) is 30.5 Å². The third-order valence-electron chi connectivity index (χ3n) is 2.43. The molecule has 0 saturated heterocycles. The van der Waals surface area contributed by atoms with E-state index in [0.717, 1.165) is 12.0 Å². The average Bonchev–Trinajstić information content (AvgIpc) is 2.28. The van der Waals surface area contributed by atoms with Gasteiger partial charge in [0.05, 0.1) is 7.11 Å². The number of benzene rings is 1. The molecular weight excluding hydrogens is 200 g/mol. The Morgan fingerprint density at radius 1 is 1.25 bits per heavy atom. The van der Waals surface area contributed by atoms with Gasteiger partial charge in [0.1, 0.15) is 11.5 Å². The summed E-state index contributed by atoms with van der Waals surface area (Å²) in [5.74, 6) is 0.931. The molecule has 1 aromatic rings. The number of hydrogen-bond donors (Lipinski definition) is 1. The Hall–Kier alpha value is -1.44. The minimum Gasteiger partial charge on any atom is -0.508 e. The molecule has 88 valence electrons. The summed E-state index contributed by atoms with van der Waals surface area (Å²) in [6.07, 6.45) is 9.00. The van der Waals surface area contributed by atoms with Gasteiger partial charge in [-0.3, -0.25) is 0 Å². The van der Waals surface area contributed by atoms with Crippen molar-refractivity contribution in [1.82, 2.24) is 0 Å². The van der Waals surface area contributed by atoms with Crippen LogP contribution in [0.4, 0.5) is 0 Å². The van der Waals surface area contributed by atoms with Crippen LogP contribution in [0.15, 0.2) is 24.3 Å².